The van der Waals surface area contributed by atoms with Crippen molar-refractivity contribution in [3.8, 4) is 55.6 Å². The fraction of sp³-hybridized carbons (Fsp3) is 0.0508. The Labute approximate surface area is 344 Å². The van der Waals surface area contributed by atoms with Crippen LogP contribution >= 0.6 is 0 Å². The zero-order chi connectivity index (χ0) is 39.2. The maximum absolute atomic E-state index is 2.44. The third-order valence-electron chi connectivity index (χ3n) is 13.2. The summed E-state index contributed by atoms with van der Waals surface area (Å²) in [6.07, 6.45) is 0. The molecule has 0 atom stereocenters. The van der Waals surface area contributed by atoms with Gasteiger partial charge in [0.05, 0.1) is 0 Å². The molecule has 12 rings (SSSR count). The van der Waals surface area contributed by atoms with Crippen LogP contribution in [0.3, 0.4) is 0 Å². The zero-order valence-corrected chi connectivity index (χ0v) is 33.1. The van der Waals surface area contributed by atoms with Gasteiger partial charge in [-0.2, -0.15) is 0 Å². The first-order chi connectivity index (χ1) is 29.0. The first-order valence-corrected chi connectivity index (χ1v) is 20.8. The molecule has 276 valence electrons. The van der Waals surface area contributed by atoms with Crippen LogP contribution in [-0.4, -0.2) is 0 Å². The molecule has 0 heterocycles. The maximum Gasteiger partial charge on any atom is 0.0159 e. The fourth-order valence-electron chi connectivity index (χ4n) is 10.4. The van der Waals surface area contributed by atoms with Gasteiger partial charge in [0.25, 0.3) is 0 Å². The van der Waals surface area contributed by atoms with E-state index in [1.807, 2.05) is 0 Å². The number of hydrogen-bond acceptors (Lipinski definition) is 0. The summed E-state index contributed by atoms with van der Waals surface area (Å²) in [5.41, 5.74) is 15.5. The Balaban J connectivity index is 1.04. The minimum atomic E-state index is -0.0286. The molecule has 1 aliphatic carbocycles. The van der Waals surface area contributed by atoms with Gasteiger partial charge >= 0.3 is 0 Å². The Bertz CT molecular complexity index is 3450. The molecular weight excluding hydrogens is 709 g/mol. The standard InChI is InChI=1S/C59H40/c1-59(2)55-26-14-13-21-47(55)48-32-31-39(36-56(48)59)37-27-29-38(30-28-37)42-33-40-15-3-6-18-44(40)53(35-42)57-49-22-9-11-24-51(49)58(52-25-12-10-23-50(52)57)54-34-41-16-4-5-17-43(41)45-19-7-8-20-46(45)54/h3-36H,1-2H3. The van der Waals surface area contributed by atoms with Crippen LogP contribution in [0.1, 0.15) is 25.0 Å². The van der Waals surface area contributed by atoms with Crippen molar-refractivity contribution < 1.29 is 0 Å². The van der Waals surface area contributed by atoms with Crippen LogP contribution in [0.25, 0.3) is 109 Å². The Kier molecular flexibility index (Phi) is 7.38. The molecule has 0 fully saturated rings. The highest BCUT2D eigenvalue weighted by atomic mass is 14.4. The highest BCUT2D eigenvalue weighted by Crippen LogP contribution is 2.51. The molecule has 0 saturated heterocycles. The van der Waals surface area contributed by atoms with Crippen molar-refractivity contribution in [1.29, 1.82) is 0 Å². The second-order valence-electron chi connectivity index (χ2n) is 16.8. The molecule has 1 aliphatic rings. The molecule has 0 saturated carbocycles. The van der Waals surface area contributed by atoms with Crippen molar-refractivity contribution in [2.24, 2.45) is 0 Å². The fourth-order valence-corrected chi connectivity index (χ4v) is 10.4. The van der Waals surface area contributed by atoms with Crippen molar-refractivity contribution in [2.45, 2.75) is 19.3 Å². The molecule has 0 radical (unpaired) electrons. The van der Waals surface area contributed by atoms with Crippen LogP contribution in [0.4, 0.5) is 0 Å². The van der Waals surface area contributed by atoms with Gasteiger partial charge in [-0.15, -0.1) is 0 Å². The predicted octanol–water partition coefficient (Wildman–Crippen LogP) is 16.4. The van der Waals surface area contributed by atoms with E-state index < -0.39 is 0 Å². The second-order valence-corrected chi connectivity index (χ2v) is 16.8. The van der Waals surface area contributed by atoms with E-state index in [0.29, 0.717) is 0 Å². The Morgan fingerprint density at radius 1 is 0.254 bits per heavy atom. The summed E-state index contributed by atoms with van der Waals surface area (Å²) in [7, 11) is 0. The molecular formula is C59H40. The second kappa shape index (κ2) is 12.9. The van der Waals surface area contributed by atoms with Gasteiger partial charge < -0.3 is 0 Å². The lowest BCUT2D eigenvalue weighted by Crippen LogP contribution is -2.14. The summed E-state index contributed by atoms with van der Waals surface area (Å²) >= 11 is 0. The molecule has 0 N–H and O–H groups in total. The van der Waals surface area contributed by atoms with Crippen LogP contribution < -0.4 is 0 Å². The highest BCUT2D eigenvalue weighted by molar-refractivity contribution is 6.27. The van der Waals surface area contributed by atoms with E-state index in [-0.39, 0.29) is 5.41 Å². The molecule has 59 heavy (non-hydrogen) atoms. The SMILES string of the molecule is CC1(C)c2ccccc2-c2ccc(-c3ccc(-c4cc(-c5c6ccccc6c(-c6cc7ccccc7c7ccccc67)c6ccccc56)c5ccccc5c4)cc3)cc21. The predicted molar refractivity (Wildman–Crippen MR) is 253 cm³/mol. The molecule has 0 spiro atoms. The van der Waals surface area contributed by atoms with Crippen LogP contribution in [0.15, 0.2) is 206 Å². The molecule has 0 nitrogen and oxygen atoms in total. The number of rotatable bonds is 4. The van der Waals surface area contributed by atoms with E-state index in [2.05, 4.69) is 220 Å². The lowest BCUT2D eigenvalue weighted by molar-refractivity contribution is 0.660. The van der Waals surface area contributed by atoms with E-state index in [4.69, 9.17) is 0 Å². The molecule has 0 aliphatic heterocycles. The van der Waals surface area contributed by atoms with E-state index in [1.54, 1.807) is 0 Å². The van der Waals surface area contributed by atoms with Gasteiger partial charge in [-0.05, 0) is 145 Å². The Morgan fingerprint density at radius 3 is 1.34 bits per heavy atom. The van der Waals surface area contributed by atoms with Gasteiger partial charge in [-0.1, -0.05) is 196 Å². The molecule has 11 aromatic carbocycles. The Morgan fingerprint density at radius 2 is 0.695 bits per heavy atom. The molecule has 0 amide bonds. The lowest BCUT2D eigenvalue weighted by atomic mass is 9.81. The normalized spacial score (nSPS) is 13.1. The van der Waals surface area contributed by atoms with Crippen molar-refractivity contribution >= 4 is 53.9 Å². The average Bonchev–Trinajstić information content (AvgIpc) is 3.53. The third-order valence-corrected chi connectivity index (χ3v) is 13.2. The van der Waals surface area contributed by atoms with E-state index in [1.165, 1.54) is 121 Å². The summed E-state index contributed by atoms with van der Waals surface area (Å²) < 4.78 is 0. The van der Waals surface area contributed by atoms with E-state index in [0.717, 1.165) is 0 Å². The summed E-state index contributed by atoms with van der Waals surface area (Å²) in [6, 6.07) is 77.0. The first kappa shape index (κ1) is 33.8. The maximum atomic E-state index is 2.44. The topological polar surface area (TPSA) is 0 Å². The Hall–Kier alpha value is -7.28. The molecule has 0 unspecified atom stereocenters. The quantitative estimate of drug-likeness (QED) is 0.124. The van der Waals surface area contributed by atoms with Gasteiger partial charge in [0.1, 0.15) is 0 Å². The summed E-state index contributed by atoms with van der Waals surface area (Å²) in [5, 5.41) is 12.7. The average molecular weight is 749 g/mol. The summed E-state index contributed by atoms with van der Waals surface area (Å²) in [4.78, 5) is 0. The monoisotopic (exact) mass is 748 g/mol. The van der Waals surface area contributed by atoms with E-state index in [9.17, 15) is 0 Å². The van der Waals surface area contributed by atoms with Crippen molar-refractivity contribution in [3.63, 3.8) is 0 Å². The minimum Gasteiger partial charge on any atom is -0.0619 e. The van der Waals surface area contributed by atoms with Gasteiger partial charge in [-0.25, -0.2) is 0 Å². The molecule has 11 aromatic rings. The molecule has 0 heteroatoms. The smallest absolute Gasteiger partial charge is 0.0159 e. The van der Waals surface area contributed by atoms with Crippen molar-refractivity contribution in [2.75, 3.05) is 0 Å². The minimum absolute atomic E-state index is 0.0286. The highest BCUT2D eigenvalue weighted by Gasteiger charge is 2.35. The van der Waals surface area contributed by atoms with Crippen molar-refractivity contribution in [3.05, 3.63) is 217 Å². The number of hydrogen-bond donors (Lipinski definition) is 0. The van der Waals surface area contributed by atoms with Crippen molar-refractivity contribution in [1.82, 2.24) is 0 Å². The zero-order valence-electron chi connectivity index (χ0n) is 33.1. The van der Waals surface area contributed by atoms with Gasteiger partial charge in [0.15, 0.2) is 0 Å². The van der Waals surface area contributed by atoms with Crippen LogP contribution in [0.2, 0.25) is 0 Å². The van der Waals surface area contributed by atoms with Crippen LogP contribution in [0, 0.1) is 0 Å². The summed E-state index contributed by atoms with van der Waals surface area (Å²) in [5.74, 6) is 0. The first-order valence-electron chi connectivity index (χ1n) is 20.8. The van der Waals surface area contributed by atoms with E-state index >= 15 is 0 Å². The molecule has 0 bridgehead atoms. The number of benzene rings is 11. The number of fused-ring (bicyclic) bond motifs is 9. The lowest BCUT2D eigenvalue weighted by Gasteiger charge is -2.22. The molecule has 0 aromatic heterocycles. The van der Waals surface area contributed by atoms with Gasteiger partial charge in [0.2, 0.25) is 0 Å². The largest absolute Gasteiger partial charge is 0.0619 e. The summed E-state index contributed by atoms with van der Waals surface area (Å²) in [6.45, 7) is 4.71. The van der Waals surface area contributed by atoms with Crippen LogP contribution in [-0.2, 0) is 5.41 Å². The van der Waals surface area contributed by atoms with Gasteiger partial charge in [0, 0.05) is 5.41 Å². The third kappa shape index (κ3) is 5.09. The van der Waals surface area contributed by atoms with Crippen LogP contribution in [0.5, 0.6) is 0 Å². The van der Waals surface area contributed by atoms with Gasteiger partial charge in [-0.3, -0.25) is 0 Å².